The first-order valence-electron chi connectivity index (χ1n) is 9.67. The highest BCUT2D eigenvalue weighted by atomic mass is 16.5. The molecule has 1 N–H and O–H groups in total. The average Bonchev–Trinajstić information content (AvgIpc) is 3.06. The second-order valence-corrected chi connectivity index (χ2v) is 7.46. The summed E-state index contributed by atoms with van der Waals surface area (Å²) in [5.74, 6) is -0.233. The summed E-state index contributed by atoms with van der Waals surface area (Å²) in [6, 6.07) is 6.07. The van der Waals surface area contributed by atoms with E-state index in [4.69, 9.17) is 9.72 Å². The van der Waals surface area contributed by atoms with Gasteiger partial charge in [-0.2, -0.15) is 9.78 Å². The Morgan fingerprint density at radius 2 is 1.86 bits per heavy atom. The molecule has 29 heavy (non-hydrogen) atoms. The molecule has 0 radical (unpaired) electrons. The Morgan fingerprint density at radius 1 is 1.14 bits per heavy atom. The van der Waals surface area contributed by atoms with Gasteiger partial charge in [0.25, 0.3) is 0 Å². The van der Waals surface area contributed by atoms with E-state index in [0.717, 1.165) is 22.0 Å². The van der Waals surface area contributed by atoms with Gasteiger partial charge >= 0.3 is 5.97 Å². The Balaban J connectivity index is 2.20. The number of carbonyl (C=O) groups is 2. The van der Waals surface area contributed by atoms with E-state index < -0.39 is 5.97 Å². The summed E-state index contributed by atoms with van der Waals surface area (Å²) in [5, 5.41) is 8.21. The van der Waals surface area contributed by atoms with Crippen molar-refractivity contribution in [3.05, 3.63) is 46.6 Å². The maximum atomic E-state index is 12.4. The number of anilines is 1. The zero-order valence-corrected chi connectivity index (χ0v) is 17.7. The van der Waals surface area contributed by atoms with Crippen molar-refractivity contribution in [2.45, 2.75) is 41.5 Å². The fourth-order valence-electron chi connectivity index (χ4n) is 3.20. The van der Waals surface area contributed by atoms with E-state index >= 15 is 0 Å². The van der Waals surface area contributed by atoms with E-state index in [0.29, 0.717) is 5.82 Å². The van der Waals surface area contributed by atoms with Gasteiger partial charge in [0.05, 0.1) is 18.3 Å². The molecule has 0 unspecified atom stereocenters. The predicted molar refractivity (Wildman–Crippen MR) is 113 cm³/mol. The monoisotopic (exact) mass is 394 g/mol. The lowest BCUT2D eigenvalue weighted by atomic mass is 10.0. The maximum Gasteiger partial charge on any atom is 0.343 e. The molecule has 0 aliphatic heterocycles. The largest absolute Gasteiger partial charge is 0.462 e. The van der Waals surface area contributed by atoms with Gasteiger partial charge in [-0.1, -0.05) is 25.5 Å². The number of aryl methyl sites for hydroxylation is 3. The number of aromatic nitrogens is 3. The number of ether oxygens (including phenoxy) is 1. The van der Waals surface area contributed by atoms with Crippen molar-refractivity contribution < 1.29 is 14.3 Å². The number of fused-ring (bicyclic) bond motifs is 1. The zero-order valence-electron chi connectivity index (χ0n) is 17.7. The number of nitrogens with zero attached hydrogens (tertiary/aromatic N) is 3. The smallest absolute Gasteiger partial charge is 0.343 e. The highest BCUT2D eigenvalue weighted by molar-refractivity contribution is 6.01. The highest BCUT2D eigenvalue weighted by Gasteiger charge is 2.23. The Kier molecular flexibility index (Phi) is 5.68. The third kappa shape index (κ3) is 3.99. The van der Waals surface area contributed by atoms with Gasteiger partial charge in [0.15, 0.2) is 11.6 Å². The highest BCUT2D eigenvalue weighted by Crippen LogP contribution is 2.27. The van der Waals surface area contributed by atoms with Gasteiger partial charge in [0, 0.05) is 11.3 Å². The van der Waals surface area contributed by atoms with Crippen molar-refractivity contribution in [1.29, 1.82) is 0 Å². The molecule has 0 fully saturated rings. The number of rotatable bonds is 5. The summed E-state index contributed by atoms with van der Waals surface area (Å²) in [7, 11) is 0. The minimum Gasteiger partial charge on any atom is -0.462 e. The van der Waals surface area contributed by atoms with Crippen molar-refractivity contribution >= 4 is 28.6 Å². The van der Waals surface area contributed by atoms with Crippen LogP contribution in [0.25, 0.3) is 16.7 Å². The van der Waals surface area contributed by atoms with E-state index in [1.54, 1.807) is 20.8 Å². The van der Waals surface area contributed by atoms with Crippen LogP contribution in [0.5, 0.6) is 0 Å². The third-order valence-corrected chi connectivity index (χ3v) is 4.69. The number of carbonyl (C=O) groups excluding carboxylic acids is 2. The van der Waals surface area contributed by atoms with Crippen LogP contribution in [0.4, 0.5) is 5.82 Å². The molecule has 3 aromatic rings. The minimum absolute atomic E-state index is 0.195. The van der Waals surface area contributed by atoms with Crippen LogP contribution in [0.3, 0.4) is 0 Å². The fraction of sp³-hybridized carbons (Fsp3) is 0.364. The SMILES string of the molecule is CCOC(=O)c1cnn(-c2cc(C)c3cc(C)cc(C)c3n2)c1NC(=O)C(C)C. The normalized spacial score (nSPS) is 11.1. The number of pyridine rings is 1. The Bertz CT molecular complexity index is 1100. The second kappa shape index (κ2) is 8.03. The Hall–Kier alpha value is -3.22. The Labute approximate surface area is 170 Å². The van der Waals surface area contributed by atoms with Crippen molar-refractivity contribution in [2.75, 3.05) is 11.9 Å². The molecular weight excluding hydrogens is 368 g/mol. The first kappa shape index (κ1) is 20.5. The lowest BCUT2D eigenvalue weighted by Crippen LogP contribution is -2.22. The van der Waals surface area contributed by atoms with Crippen LogP contribution in [0.1, 0.15) is 47.8 Å². The van der Waals surface area contributed by atoms with Crippen LogP contribution in [0.2, 0.25) is 0 Å². The van der Waals surface area contributed by atoms with Crippen molar-refractivity contribution in [3.8, 4) is 5.82 Å². The van der Waals surface area contributed by atoms with Crippen LogP contribution >= 0.6 is 0 Å². The molecule has 152 valence electrons. The standard InChI is InChI=1S/C22H26N4O3/c1-7-29-22(28)17-11-23-26(20(17)25-21(27)12(2)3)18-10-14(5)16-9-13(4)8-15(6)19(16)24-18/h8-12H,7H2,1-6H3,(H,25,27). The lowest BCUT2D eigenvalue weighted by molar-refractivity contribution is -0.118. The number of benzene rings is 1. The molecule has 2 aromatic heterocycles. The van der Waals surface area contributed by atoms with Crippen molar-refractivity contribution in [2.24, 2.45) is 5.92 Å². The van der Waals surface area contributed by atoms with E-state index in [-0.39, 0.29) is 29.8 Å². The summed E-state index contributed by atoms with van der Waals surface area (Å²) in [6.07, 6.45) is 1.40. The zero-order chi connectivity index (χ0) is 21.3. The van der Waals surface area contributed by atoms with Gasteiger partial charge in [0.2, 0.25) is 5.91 Å². The quantitative estimate of drug-likeness (QED) is 0.658. The average molecular weight is 394 g/mol. The topological polar surface area (TPSA) is 86.1 Å². The molecule has 1 aromatic carbocycles. The van der Waals surface area contributed by atoms with Gasteiger partial charge in [0.1, 0.15) is 5.56 Å². The summed E-state index contributed by atoms with van der Waals surface area (Å²) >= 11 is 0. The summed E-state index contributed by atoms with van der Waals surface area (Å²) in [5.41, 5.74) is 4.31. The number of nitrogens with one attached hydrogen (secondary N) is 1. The van der Waals surface area contributed by atoms with Crippen LogP contribution < -0.4 is 5.32 Å². The molecule has 3 rings (SSSR count). The van der Waals surface area contributed by atoms with Crippen LogP contribution in [-0.4, -0.2) is 33.2 Å². The molecule has 2 heterocycles. The van der Waals surface area contributed by atoms with Crippen molar-refractivity contribution in [3.63, 3.8) is 0 Å². The predicted octanol–water partition coefficient (Wildman–Crippen LogP) is 4.12. The summed E-state index contributed by atoms with van der Waals surface area (Å²) < 4.78 is 6.61. The second-order valence-electron chi connectivity index (χ2n) is 7.46. The van der Waals surface area contributed by atoms with Gasteiger partial charge in [-0.25, -0.2) is 9.78 Å². The summed E-state index contributed by atoms with van der Waals surface area (Å²) in [6.45, 7) is 11.6. The van der Waals surface area contributed by atoms with E-state index in [9.17, 15) is 9.59 Å². The summed E-state index contributed by atoms with van der Waals surface area (Å²) in [4.78, 5) is 29.5. The first-order chi connectivity index (χ1) is 13.7. The maximum absolute atomic E-state index is 12.4. The lowest BCUT2D eigenvalue weighted by Gasteiger charge is -2.14. The molecule has 7 heteroatoms. The molecule has 0 atom stereocenters. The van der Waals surface area contributed by atoms with Crippen LogP contribution in [0, 0.1) is 26.7 Å². The van der Waals surface area contributed by atoms with Gasteiger partial charge < -0.3 is 10.1 Å². The molecule has 0 aliphatic carbocycles. The molecule has 7 nitrogen and oxygen atoms in total. The molecule has 0 spiro atoms. The number of hydrogen-bond donors (Lipinski definition) is 1. The van der Waals surface area contributed by atoms with Gasteiger partial charge in [-0.05, 0) is 51.0 Å². The van der Waals surface area contributed by atoms with Crippen LogP contribution in [-0.2, 0) is 9.53 Å². The minimum atomic E-state index is -0.540. The molecule has 1 amide bonds. The number of amides is 1. The number of esters is 1. The van der Waals surface area contributed by atoms with Gasteiger partial charge in [-0.3, -0.25) is 4.79 Å². The Morgan fingerprint density at radius 3 is 2.52 bits per heavy atom. The first-order valence-corrected chi connectivity index (χ1v) is 9.67. The molecule has 0 aliphatic rings. The van der Waals surface area contributed by atoms with Gasteiger partial charge in [-0.15, -0.1) is 0 Å². The third-order valence-electron chi connectivity index (χ3n) is 4.69. The molecule has 0 bridgehead atoms. The molecular formula is C22H26N4O3. The number of hydrogen-bond acceptors (Lipinski definition) is 5. The fourth-order valence-corrected chi connectivity index (χ4v) is 3.20. The molecule has 0 saturated heterocycles. The van der Waals surface area contributed by atoms with Crippen molar-refractivity contribution in [1.82, 2.24) is 14.8 Å². The van der Waals surface area contributed by atoms with Crippen LogP contribution in [0.15, 0.2) is 24.4 Å². The van der Waals surface area contributed by atoms with E-state index in [2.05, 4.69) is 29.5 Å². The van der Waals surface area contributed by atoms with E-state index in [1.807, 2.05) is 19.9 Å². The molecule has 0 saturated carbocycles. The van der Waals surface area contributed by atoms with E-state index in [1.165, 1.54) is 16.4 Å².